The molecule has 0 aliphatic carbocycles. The van der Waals surface area contributed by atoms with Crippen molar-refractivity contribution in [3.8, 4) is 0 Å². The standard InChI is InChI=1S/C11H16N4O/c1-7-10(8(2)15(3)14-7)11(13-12)9-4-5-16-6-9/h4-6,11,13H,12H2,1-3H3. The van der Waals surface area contributed by atoms with Gasteiger partial charge < -0.3 is 4.42 Å². The third-order valence-electron chi connectivity index (χ3n) is 2.90. The third kappa shape index (κ3) is 1.64. The molecule has 2 aromatic rings. The molecule has 3 N–H and O–H groups in total. The van der Waals surface area contributed by atoms with Gasteiger partial charge in [-0.05, 0) is 19.9 Å². The number of nitrogens with two attached hydrogens (primary N) is 1. The summed E-state index contributed by atoms with van der Waals surface area (Å²) in [5.41, 5.74) is 6.98. The zero-order chi connectivity index (χ0) is 11.7. The Morgan fingerprint density at radius 2 is 2.25 bits per heavy atom. The van der Waals surface area contributed by atoms with E-state index in [0.717, 1.165) is 22.5 Å². The number of hydrazine groups is 1. The number of aryl methyl sites for hydroxylation is 2. The molecule has 0 aliphatic heterocycles. The van der Waals surface area contributed by atoms with Crippen LogP contribution in [0.25, 0.3) is 0 Å². The predicted molar refractivity (Wildman–Crippen MR) is 60.6 cm³/mol. The fourth-order valence-corrected chi connectivity index (χ4v) is 1.99. The van der Waals surface area contributed by atoms with Crippen molar-refractivity contribution >= 4 is 0 Å². The van der Waals surface area contributed by atoms with Gasteiger partial charge in [0.15, 0.2) is 0 Å². The Kier molecular flexibility index (Phi) is 2.80. The van der Waals surface area contributed by atoms with Gasteiger partial charge in [0.25, 0.3) is 0 Å². The Morgan fingerprint density at radius 3 is 2.69 bits per heavy atom. The molecule has 16 heavy (non-hydrogen) atoms. The molecule has 0 aromatic carbocycles. The van der Waals surface area contributed by atoms with Crippen LogP contribution in [0.4, 0.5) is 0 Å². The van der Waals surface area contributed by atoms with Crippen LogP contribution in [0.3, 0.4) is 0 Å². The quantitative estimate of drug-likeness (QED) is 0.602. The number of nitrogens with one attached hydrogen (secondary N) is 1. The molecule has 0 aliphatic rings. The van der Waals surface area contributed by atoms with Gasteiger partial charge in [0.2, 0.25) is 0 Å². The first-order chi connectivity index (χ1) is 7.65. The van der Waals surface area contributed by atoms with E-state index in [0.29, 0.717) is 0 Å². The van der Waals surface area contributed by atoms with Crippen LogP contribution < -0.4 is 11.3 Å². The fourth-order valence-electron chi connectivity index (χ4n) is 1.99. The summed E-state index contributed by atoms with van der Waals surface area (Å²) in [7, 11) is 1.93. The molecule has 0 saturated heterocycles. The van der Waals surface area contributed by atoms with E-state index < -0.39 is 0 Å². The molecule has 5 heteroatoms. The number of hydrogen-bond donors (Lipinski definition) is 2. The van der Waals surface area contributed by atoms with Crippen LogP contribution in [0.1, 0.15) is 28.6 Å². The summed E-state index contributed by atoms with van der Waals surface area (Å²) in [4.78, 5) is 0. The van der Waals surface area contributed by atoms with Crippen molar-refractivity contribution in [2.24, 2.45) is 12.9 Å². The third-order valence-corrected chi connectivity index (χ3v) is 2.90. The molecule has 0 amide bonds. The van der Waals surface area contributed by atoms with E-state index in [-0.39, 0.29) is 6.04 Å². The lowest BCUT2D eigenvalue weighted by atomic mass is 10.0. The van der Waals surface area contributed by atoms with E-state index in [9.17, 15) is 0 Å². The summed E-state index contributed by atoms with van der Waals surface area (Å²) >= 11 is 0. The van der Waals surface area contributed by atoms with Crippen LogP contribution in [0.15, 0.2) is 23.0 Å². The topological polar surface area (TPSA) is 69.0 Å². The Morgan fingerprint density at radius 1 is 1.50 bits per heavy atom. The van der Waals surface area contributed by atoms with E-state index in [1.165, 1.54) is 0 Å². The SMILES string of the molecule is Cc1nn(C)c(C)c1C(NN)c1ccoc1. The van der Waals surface area contributed by atoms with Gasteiger partial charge in [0, 0.05) is 23.9 Å². The van der Waals surface area contributed by atoms with Gasteiger partial charge in [-0.2, -0.15) is 5.10 Å². The van der Waals surface area contributed by atoms with Crippen LogP contribution in [-0.4, -0.2) is 9.78 Å². The lowest BCUT2D eigenvalue weighted by Gasteiger charge is -2.14. The first kappa shape index (κ1) is 10.9. The molecule has 0 bridgehead atoms. The summed E-state index contributed by atoms with van der Waals surface area (Å²) in [5, 5.41) is 4.38. The molecule has 0 spiro atoms. The van der Waals surface area contributed by atoms with Crippen LogP contribution >= 0.6 is 0 Å². The van der Waals surface area contributed by atoms with E-state index in [2.05, 4.69) is 10.5 Å². The Balaban J connectivity index is 2.49. The molecule has 5 nitrogen and oxygen atoms in total. The molecule has 0 saturated carbocycles. The smallest absolute Gasteiger partial charge is 0.0954 e. The van der Waals surface area contributed by atoms with Gasteiger partial charge in [0.05, 0.1) is 24.3 Å². The molecule has 0 radical (unpaired) electrons. The van der Waals surface area contributed by atoms with Crippen LogP contribution in [-0.2, 0) is 7.05 Å². The average molecular weight is 220 g/mol. The lowest BCUT2D eigenvalue weighted by Crippen LogP contribution is -2.29. The normalized spacial score (nSPS) is 13.0. The number of rotatable bonds is 3. The maximum atomic E-state index is 5.61. The zero-order valence-electron chi connectivity index (χ0n) is 9.69. The van der Waals surface area contributed by atoms with E-state index in [1.54, 1.807) is 12.5 Å². The van der Waals surface area contributed by atoms with Gasteiger partial charge in [-0.1, -0.05) is 0 Å². The van der Waals surface area contributed by atoms with E-state index in [1.807, 2.05) is 31.6 Å². The Bertz CT molecular complexity index is 472. The summed E-state index contributed by atoms with van der Waals surface area (Å²) < 4.78 is 6.94. The molecular weight excluding hydrogens is 204 g/mol. The van der Waals surface area contributed by atoms with Crippen LogP contribution in [0.2, 0.25) is 0 Å². The van der Waals surface area contributed by atoms with Crippen molar-refractivity contribution < 1.29 is 4.42 Å². The van der Waals surface area contributed by atoms with Gasteiger partial charge in [-0.15, -0.1) is 0 Å². The Hall–Kier alpha value is -1.59. The summed E-state index contributed by atoms with van der Waals surface area (Å²) in [6.45, 7) is 4.01. The molecular formula is C11H16N4O. The number of aromatic nitrogens is 2. The number of furan rings is 1. The second-order valence-electron chi connectivity index (χ2n) is 3.86. The van der Waals surface area contributed by atoms with Crippen LogP contribution in [0, 0.1) is 13.8 Å². The fraction of sp³-hybridized carbons (Fsp3) is 0.364. The average Bonchev–Trinajstić information content (AvgIpc) is 2.84. The zero-order valence-corrected chi connectivity index (χ0v) is 9.69. The van der Waals surface area contributed by atoms with E-state index in [4.69, 9.17) is 10.3 Å². The highest BCUT2D eigenvalue weighted by Gasteiger charge is 2.21. The molecule has 1 unspecified atom stereocenters. The van der Waals surface area contributed by atoms with Gasteiger partial charge in [-0.25, -0.2) is 5.43 Å². The summed E-state index contributed by atoms with van der Waals surface area (Å²) in [6.07, 6.45) is 3.33. The molecule has 0 fully saturated rings. The van der Waals surface area contributed by atoms with Crippen molar-refractivity contribution in [3.63, 3.8) is 0 Å². The first-order valence-corrected chi connectivity index (χ1v) is 5.13. The minimum Gasteiger partial charge on any atom is -0.472 e. The number of hydrogen-bond acceptors (Lipinski definition) is 4. The highest BCUT2D eigenvalue weighted by Crippen LogP contribution is 2.26. The van der Waals surface area contributed by atoms with Crippen molar-refractivity contribution in [3.05, 3.63) is 41.1 Å². The van der Waals surface area contributed by atoms with E-state index >= 15 is 0 Å². The van der Waals surface area contributed by atoms with Crippen molar-refractivity contribution in [2.75, 3.05) is 0 Å². The molecule has 2 heterocycles. The van der Waals surface area contributed by atoms with Crippen molar-refractivity contribution in [1.82, 2.24) is 15.2 Å². The largest absolute Gasteiger partial charge is 0.472 e. The Labute approximate surface area is 94.2 Å². The molecule has 1 atom stereocenters. The molecule has 2 aromatic heterocycles. The molecule has 2 rings (SSSR count). The lowest BCUT2D eigenvalue weighted by molar-refractivity contribution is 0.552. The highest BCUT2D eigenvalue weighted by atomic mass is 16.3. The summed E-state index contributed by atoms with van der Waals surface area (Å²) in [5.74, 6) is 5.61. The summed E-state index contributed by atoms with van der Waals surface area (Å²) in [6, 6.07) is 1.82. The minimum atomic E-state index is -0.0764. The monoisotopic (exact) mass is 220 g/mol. The minimum absolute atomic E-state index is 0.0764. The van der Waals surface area contributed by atoms with Gasteiger partial charge in [0.1, 0.15) is 0 Å². The first-order valence-electron chi connectivity index (χ1n) is 5.13. The van der Waals surface area contributed by atoms with Gasteiger partial charge in [-0.3, -0.25) is 10.5 Å². The molecule has 86 valence electrons. The second-order valence-corrected chi connectivity index (χ2v) is 3.86. The second kappa shape index (κ2) is 4.11. The van der Waals surface area contributed by atoms with Crippen LogP contribution in [0.5, 0.6) is 0 Å². The highest BCUT2D eigenvalue weighted by molar-refractivity contribution is 5.35. The maximum absolute atomic E-state index is 5.61. The predicted octanol–water partition coefficient (Wildman–Crippen LogP) is 1.18. The van der Waals surface area contributed by atoms with Crippen molar-refractivity contribution in [1.29, 1.82) is 0 Å². The maximum Gasteiger partial charge on any atom is 0.0954 e. The number of nitrogens with zero attached hydrogens (tertiary/aromatic N) is 2. The van der Waals surface area contributed by atoms with Gasteiger partial charge >= 0.3 is 0 Å². The van der Waals surface area contributed by atoms with Crippen molar-refractivity contribution in [2.45, 2.75) is 19.9 Å².